The van der Waals surface area contributed by atoms with Crippen LogP contribution in [-0.2, 0) is 9.59 Å². The highest BCUT2D eigenvalue weighted by Gasteiger charge is 2.04. The summed E-state index contributed by atoms with van der Waals surface area (Å²) in [5.41, 5.74) is 1.77. The number of carbonyl (C=O) groups excluding carboxylic acids is 2. The molecule has 0 aliphatic heterocycles. The van der Waals surface area contributed by atoms with Crippen molar-refractivity contribution in [3.05, 3.63) is 71.8 Å². The molecule has 0 saturated heterocycles. The molecule has 0 saturated carbocycles. The largest absolute Gasteiger partial charge is 0.497 e. The number of carbonyl (C=O) groups is 2. The fraction of sp³-hybridized carbons (Fsp3) is 0.100. The van der Waals surface area contributed by atoms with Gasteiger partial charge in [0.1, 0.15) is 11.5 Å². The molecule has 0 spiro atoms. The monoisotopic (exact) mass is 386 g/mol. The first-order valence-electron chi connectivity index (χ1n) is 7.67. The van der Waals surface area contributed by atoms with Gasteiger partial charge in [0.05, 0.1) is 14.2 Å². The van der Waals surface area contributed by atoms with Crippen LogP contribution in [0.1, 0.15) is 11.1 Å². The third kappa shape index (κ3) is 6.82. The molecule has 0 unspecified atom stereocenters. The molecule has 0 aliphatic carbocycles. The van der Waals surface area contributed by atoms with Gasteiger partial charge in [0, 0.05) is 0 Å². The van der Waals surface area contributed by atoms with E-state index in [1.807, 2.05) is 48.5 Å². The lowest BCUT2D eigenvalue weighted by Crippen LogP contribution is -1.86. The van der Waals surface area contributed by atoms with E-state index in [0.717, 1.165) is 44.2 Å². The number of benzene rings is 2. The zero-order valence-corrected chi connectivity index (χ0v) is 16.0. The molecule has 0 amide bonds. The molecule has 6 heteroatoms. The van der Waals surface area contributed by atoms with Crippen LogP contribution in [0.4, 0.5) is 0 Å². The van der Waals surface area contributed by atoms with Gasteiger partial charge in [-0.1, -0.05) is 36.4 Å². The number of ether oxygens (including phenoxy) is 2. The summed E-state index contributed by atoms with van der Waals surface area (Å²) >= 11 is 0. The van der Waals surface area contributed by atoms with Crippen LogP contribution in [0.3, 0.4) is 0 Å². The predicted molar refractivity (Wildman–Crippen MR) is 109 cm³/mol. The molecule has 0 aliphatic rings. The smallest absolute Gasteiger partial charge is 0.223 e. The highest BCUT2D eigenvalue weighted by Crippen LogP contribution is 2.25. The lowest BCUT2D eigenvalue weighted by atomic mass is 10.2. The van der Waals surface area contributed by atoms with Gasteiger partial charge in [-0.3, -0.25) is 9.59 Å². The van der Waals surface area contributed by atoms with Gasteiger partial charge in [0.2, 0.25) is 10.2 Å². The molecule has 0 radical (unpaired) electrons. The van der Waals surface area contributed by atoms with Gasteiger partial charge in [-0.25, -0.2) is 0 Å². The van der Waals surface area contributed by atoms with Crippen molar-refractivity contribution in [1.82, 2.24) is 0 Å². The van der Waals surface area contributed by atoms with Crippen molar-refractivity contribution in [1.29, 1.82) is 0 Å². The zero-order chi connectivity index (χ0) is 18.8. The van der Waals surface area contributed by atoms with E-state index in [4.69, 9.17) is 9.47 Å². The Bertz CT molecular complexity index is 724. The Morgan fingerprint density at radius 2 is 1.04 bits per heavy atom. The molecule has 0 atom stereocenters. The van der Waals surface area contributed by atoms with E-state index >= 15 is 0 Å². The van der Waals surface area contributed by atoms with Gasteiger partial charge in [-0.2, -0.15) is 0 Å². The van der Waals surface area contributed by atoms with Crippen LogP contribution >= 0.6 is 21.6 Å². The molecule has 0 bridgehead atoms. The van der Waals surface area contributed by atoms with E-state index in [0.29, 0.717) is 0 Å². The van der Waals surface area contributed by atoms with E-state index < -0.39 is 0 Å². The highest BCUT2D eigenvalue weighted by molar-refractivity contribution is 8.87. The van der Waals surface area contributed by atoms with Crippen LogP contribution in [-0.4, -0.2) is 24.5 Å². The second-order valence-corrected chi connectivity index (χ2v) is 7.16. The number of hydrogen-bond donors (Lipinski definition) is 0. The average molecular weight is 386 g/mol. The van der Waals surface area contributed by atoms with Gasteiger partial charge in [-0.05, 0) is 69.1 Å². The van der Waals surface area contributed by atoms with Crippen LogP contribution in [0.25, 0.3) is 12.2 Å². The van der Waals surface area contributed by atoms with Gasteiger partial charge in [0.15, 0.2) is 0 Å². The Morgan fingerprint density at radius 3 is 1.35 bits per heavy atom. The molecular formula is C20H18O4S2. The summed E-state index contributed by atoms with van der Waals surface area (Å²) < 4.78 is 10.2. The van der Waals surface area contributed by atoms with Crippen LogP contribution in [0.5, 0.6) is 11.5 Å². The van der Waals surface area contributed by atoms with Crippen molar-refractivity contribution < 1.29 is 19.1 Å². The average Bonchev–Trinajstić information content (AvgIpc) is 2.69. The van der Waals surface area contributed by atoms with Crippen LogP contribution in [0, 0.1) is 0 Å². The quantitative estimate of drug-likeness (QED) is 0.522. The zero-order valence-electron chi connectivity index (χ0n) is 14.4. The minimum Gasteiger partial charge on any atom is -0.497 e. The van der Waals surface area contributed by atoms with Crippen molar-refractivity contribution >= 4 is 44.0 Å². The fourth-order valence-corrected chi connectivity index (χ4v) is 3.13. The molecular weight excluding hydrogens is 368 g/mol. The van der Waals surface area contributed by atoms with Gasteiger partial charge < -0.3 is 9.47 Å². The molecule has 26 heavy (non-hydrogen) atoms. The summed E-state index contributed by atoms with van der Waals surface area (Å²) in [6, 6.07) is 14.7. The number of methoxy groups -OCH3 is 2. The van der Waals surface area contributed by atoms with Crippen molar-refractivity contribution in [2.24, 2.45) is 0 Å². The summed E-state index contributed by atoms with van der Waals surface area (Å²) in [4.78, 5) is 23.7. The molecule has 2 aromatic carbocycles. The second kappa shape index (κ2) is 10.5. The van der Waals surface area contributed by atoms with E-state index in [-0.39, 0.29) is 10.2 Å². The third-order valence-electron chi connectivity index (χ3n) is 3.26. The maximum absolute atomic E-state index is 11.8. The molecule has 4 nitrogen and oxygen atoms in total. The molecule has 134 valence electrons. The Balaban J connectivity index is 1.79. The standard InChI is InChI=1S/C20H18O4S2/c1-23-17-9-3-15(4-10-17)7-13-19(21)25-26-20(22)14-8-16-5-11-18(24-2)12-6-16/h3-14H,1-2H3/b13-7+,14-8+. The van der Waals surface area contributed by atoms with Crippen molar-refractivity contribution in [2.75, 3.05) is 14.2 Å². The van der Waals surface area contributed by atoms with E-state index in [1.54, 1.807) is 26.4 Å². The summed E-state index contributed by atoms with van der Waals surface area (Å²) in [7, 11) is 5.00. The maximum Gasteiger partial charge on any atom is 0.223 e. The SMILES string of the molecule is COc1ccc(/C=C/C(=O)SSC(=O)/C=C/c2ccc(OC)cc2)cc1. The molecule has 0 fully saturated rings. The van der Waals surface area contributed by atoms with Crippen LogP contribution in [0.15, 0.2) is 60.7 Å². The lowest BCUT2D eigenvalue weighted by Gasteiger charge is -1.99. The molecule has 2 aromatic rings. The van der Waals surface area contributed by atoms with Crippen molar-refractivity contribution in [3.63, 3.8) is 0 Å². The van der Waals surface area contributed by atoms with Crippen molar-refractivity contribution in [2.45, 2.75) is 0 Å². The molecule has 0 N–H and O–H groups in total. The summed E-state index contributed by atoms with van der Waals surface area (Å²) in [6.45, 7) is 0. The Morgan fingerprint density at radius 1 is 0.692 bits per heavy atom. The van der Waals surface area contributed by atoms with E-state index in [9.17, 15) is 9.59 Å². The Kier molecular flexibility index (Phi) is 8.05. The second-order valence-electron chi connectivity index (χ2n) is 5.02. The number of hydrogen-bond acceptors (Lipinski definition) is 6. The van der Waals surface area contributed by atoms with Crippen LogP contribution < -0.4 is 9.47 Å². The number of rotatable bonds is 6. The summed E-state index contributed by atoms with van der Waals surface area (Å²) in [6.07, 6.45) is 6.29. The Labute approximate surface area is 160 Å². The predicted octanol–water partition coefficient (Wildman–Crippen LogP) is 4.87. The molecule has 2 rings (SSSR count). The lowest BCUT2D eigenvalue weighted by molar-refractivity contribution is -0.108. The minimum absolute atomic E-state index is 0.197. The third-order valence-corrected chi connectivity index (χ3v) is 5.18. The highest BCUT2D eigenvalue weighted by atomic mass is 33.1. The molecule has 0 aromatic heterocycles. The maximum atomic E-state index is 11.8. The summed E-state index contributed by atoms with van der Waals surface area (Å²) in [5, 5.41) is -0.394. The molecule has 0 heterocycles. The van der Waals surface area contributed by atoms with E-state index in [2.05, 4.69) is 0 Å². The first-order chi connectivity index (χ1) is 12.6. The van der Waals surface area contributed by atoms with E-state index in [1.165, 1.54) is 12.2 Å². The van der Waals surface area contributed by atoms with Crippen molar-refractivity contribution in [3.8, 4) is 11.5 Å². The summed E-state index contributed by atoms with van der Waals surface area (Å²) in [5.74, 6) is 1.51. The minimum atomic E-state index is -0.197. The van der Waals surface area contributed by atoms with Gasteiger partial charge in [0.25, 0.3) is 0 Å². The topological polar surface area (TPSA) is 52.6 Å². The first kappa shape index (κ1) is 19.9. The first-order valence-corrected chi connectivity index (χ1v) is 9.82. The van der Waals surface area contributed by atoms with Crippen LogP contribution in [0.2, 0.25) is 0 Å². The van der Waals surface area contributed by atoms with Gasteiger partial charge >= 0.3 is 0 Å². The Hall–Kier alpha value is -2.44. The van der Waals surface area contributed by atoms with Gasteiger partial charge in [-0.15, -0.1) is 0 Å². The fourth-order valence-electron chi connectivity index (χ4n) is 1.90. The normalized spacial score (nSPS) is 11.0.